The van der Waals surface area contributed by atoms with Crippen LogP contribution in [0.2, 0.25) is 0 Å². The van der Waals surface area contributed by atoms with Gasteiger partial charge in [0.1, 0.15) is 18.1 Å². The fourth-order valence-electron chi connectivity index (χ4n) is 3.84. The number of carbonyl (C=O) groups excluding carboxylic acids is 1. The molecule has 1 heterocycles. The molecule has 0 fully saturated rings. The van der Waals surface area contributed by atoms with Gasteiger partial charge in [-0.2, -0.15) is 0 Å². The van der Waals surface area contributed by atoms with Gasteiger partial charge in [-0.15, -0.1) is 0 Å². The Balaban J connectivity index is 1.46. The summed E-state index contributed by atoms with van der Waals surface area (Å²) < 4.78 is 39.9. The number of hydrogen-bond donors (Lipinski definition) is 1. The van der Waals surface area contributed by atoms with Crippen LogP contribution < -0.4 is 19.1 Å². The monoisotopic (exact) mass is 494 g/mol. The minimum absolute atomic E-state index is 0.127. The van der Waals surface area contributed by atoms with E-state index >= 15 is 0 Å². The van der Waals surface area contributed by atoms with Crippen LogP contribution in [0.1, 0.15) is 23.6 Å². The lowest BCUT2D eigenvalue weighted by molar-refractivity contribution is -0.127. The standard InChI is InChI=1S/C27H30N2O5S/c1-4-21-8-10-22(11-9-21)33-16-15-28-27(30)26-18-29(24-17-20(3)7-14-25(24)34-26)35(31,32)23-12-5-19(2)6-13-23/h5-14,17,26H,4,15-16,18H2,1-3H3,(H,28,30)/t26-/m0/s1. The number of hydrogen-bond acceptors (Lipinski definition) is 5. The smallest absolute Gasteiger partial charge is 0.264 e. The van der Waals surface area contributed by atoms with Gasteiger partial charge in [-0.1, -0.05) is 42.8 Å². The summed E-state index contributed by atoms with van der Waals surface area (Å²) in [5, 5.41) is 2.80. The molecule has 8 heteroatoms. The van der Waals surface area contributed by atoms with Crippen LogP contribution in [0.4, 0.5) is 5.69 Å². The van der Waals surface area contributed by atoms with Crippen LogP contribution in [0.3, 0.4) is 0 Å². The summed E-state index contributed by atoms with van der Waals surface area (Å²) in [5.41, 5.74) is 3.50. The Bertz CT molecular complexity index is 1290. The first kappa shape index (κ1) is 24.6. The second-order valence-corrected chi connectivity index (χ2v) is 10.4. The molecule has 0 aromatic heterocycles. The van der Waals surface area contributed by atoms with Crippen LogP contribution in [-0.4, -0.2) is 40.1 Å². The van der Waals surface area contributed by atoms with Crippen LogP contribution >= 0.6 is 0 Å². The van der Waals surface area contributed by atoms with Crippen molar-refractivity contribution in [3.8, 4) is 11.5 Å². The van der Waals surface area contributed by atoms with Crippen molar-refractivity contribution in [2.45, 2.75) is 38.2 Å². The number of carbonyl (C=O) groups is 1. The summed E-state index contributed by atoms with van der Waals surface area (Å²) in [7, 11) is -3.89. The van der Waals surface area contributed by atoms with E-state index in [9.17, 15) is 13.2 Å². The molecule has 35 heavy (non-hydrogen) atoms. The van der Waals surface area contributed by atoms with Gasteiger partial charge in [-0.05, 0) is 67.8 Å². The minimum atomic E-state index is -3.89. The topological polar surface area (TPSA) is 84.9 Å². The highest BCUT2D eigenvalue weighted by atomic mass is 32.2. The van der Waals surface area contributed by atoms with Gasteiger partial charge in [0.15, 0.2) is 6.10 Å². The van der Waals surface area contributed by atoms with Crippen molar-refractivity contribution in [1.29, 1.82) is 0 Å². The van der Waals surface area contributed by atoms with Crippen LogP contribution in [0.5, 0.6) is 11.5 Å². The molecule has 7 nitrogen and oxygen atoms in total. The number of ether oxygens (including phenoxy) is 2. The normalized spacial score (nSPS) is 15.2. The number of amides is 1. The Morgan fingerprint density at radius 2 is 1.71 bits per heavy atom. The summed E-state index contributed by atoms with van der Waals surface area (Å²) >= 11 is 0. The number of nitrogens with one attached hydrogen (secondary N) is 1. The molecule has 1 atom stereocenters. The molecular formula is C27H30N2O5S. The molecule has 184 valence electrons. The zero-order chi connectivity index (χ0) is 25.0. The third-order valence-corrected chi connectivity index (χ3v) is 7.68. The number of aryl methyl sites for hydroxylation is 3. The Morgan fingerprint density at radius 3 is 2.40 bits per heavy atom. The molecule has 1 aliphatic rings. The first-order chi connectivity index (χ1) is 16.8. The number of fused-ring (bicyclic) bond motifs is 1. The van der Waals surface area contributed by atoms with Crippen LogP contribution in [0.15, 0.2) is 71.6 Å². The average molecular weight is 495 g/mol. The first-order valence-corrected chi connectivity index (χ1v) is 13.1. The van der Waals surface area contributed by atoms with Gasteiger partial charge >= 0.3 is 0 Å². The summed E-state index contributed by atoms with van der Waals surface area (Å²) in [4.78, 5) is 13.1. The van der Waals surface area contributed by atoms with E-state index in [2.05, 4.69) is 12.2 Å². The van der Waals surface area contributed by atoms with E-state index < -0.39 is 22.0 Å². The molecule has 0 radical (unpaired) electrons. The maximum Gasteiger partial charge on any atom is 0.264 e. The number of anilines is 1. The molecule has 1 N–H and O–H groups in total. The van der Waals surface area contributed by atoms with Crippen molar-refractivity contribution in [2.24, 2.45) is 0 Å². The van der Waals surface area contributed by atoms with E-state index in [4.69, 9.17) is 9.47 Å². The largest absolute Gasteiger partial charge is 0.492 e. The van der Waals surface area contributed by atoms with E-state index in [-0.39, 0.29) is 24.6 Å². The van der Waals surface area contributed by atoms with Gasteiger partial charge in [0.25, 0.3) is 15.9 Å². The zero-order valence-corrected chi connectivity index (χ0v) is 21.0. The summed E-state index contributed by atoms with van der Waals surface area (Å²) in [6.45, 7) is 6.29. The fraction of sp³-hybridized carbons (Fsp3) is 0.296. The highest BCUT2D eigenvalue weighted by Gasteiger charge is 2.37. The molecule has 0 saturated carbocycles. The van der Waals surface area contributed by atoms with E-state index in [1.807, 2.05) is 44.2 Å². The maximum atomic E-state index is 13.5. The Hall–Kier alpha value is -3.52. The predicted octanol–water partition coefficient (Wildman–Crippen LogP) is 4.02. The van der Waals surface area contributed by atoms with Crippen molar-refractivity contribution < 1.29 is 22.7 Å². The van der Waals surface area contributed by atoms with Gasteiger partial charge in [-0.25, -0.2) is 8.42 Å². The zero-order valence-electron chi connectivity index (χ0n) is 20.2. The van der Waals surface area contributed by atoms with Gasteiger partial charge in [-0.3, -0.25) is 9.10 Å². The van der Waals surface area contributed by atoms with Crippen molar-refractivity contribution in [2.75, 3.05) is 24.0 Å². The molecule has 4 rings (SSSR count). The van der Waals surface area contributed by atoms with Crippen molar-refractivity contribution in [3.63, 3.8) is 0 Å². The van der Waals surface area contributed by atoms with Crippen LogP contribution in [-0.2, 0) is 21.2 Å². The molecule has 0 spiro atoms. The molecule has 0 unspecified atom stereocenters. The highest BCUT2D eigenvalue weighted by molar-refractivity contribution is 7.92. The van der Waals surface area contributed by atoms with E-state index in [1.165, 1.54) is 9.87 Å². The second-order valence-electron chi connectivity index (χ2n) is 8.56. The molecule has 1 aliphatic heterocycles. The van der Waals surface area contributed by atoms with E-state index in [0.717, 1.165) is 23.3 Å². The van der Waals surface area contributed by atoms with Gasteiger partial charge in [0.2, 0.25) is 0 Å². The molecule has 0 saturated heterocycles. The highest BCUT2D eigenvalue weighted by Crippen LogP contribution is 2.37. The van der Waals surface area contributed by atoms with Gasteiger partial charge in [0, 0.05) is 0 Å². The number of nitrogens with zero attached hydrogens (tertiary/aromatic N) is 1. The molecular weight excluding hydrogens is 464 g/mol. The van der Waals surface area contributed by atoms with Crippen LogP contribution in [0.25, 0.3) is 0 Å². The van der Waals surface area contributed by atoms with Gasteiger partial charge in [0.05, 0.1) is 23.7 Å². The summed E-state index contributed by atoms with van der Waals surface area (Å²) in [6.07, 6.45) is -0.0360. The van der Waals surface area contributed by atoms with E-state index in [0.29, 0.717) is 11.4 Å². The Morgan fingerprint density at radius 1 is 1.03 bits per heavy atom. The fourth-order valence-corrected chi connectivity index (χ4v) is 5.31. The first-order valence-electron chi connectivity index (χ1n) is 11.6. The minimum Gasteiger partial charge on any atom is -0.492 e. The molecule has 3 aromatic carbocycles. The van der Waals surface area contributed by atoms with Crippen molar-refractivity contribution in [1.82, 2.24) is 5.32 Å². The summed E-state index contributed by atoms with van der Waals surface area (Å²) in [5.74, 6) is 0.681. The molecule has 0 aliphatic carbocycles. The molecule has 0 bridgehead atoms. The molecule has 3 aromatic rings. The quantitative estimate of drug-likeness (QED) is 0.478. The van der Waals surface area contributed by atoms with E-state index in [1.54, 1.807) is 36.4 Å². The predicted molar refractivity (Wildman–Crippen MR) is 136 cm³/mol. The number of benzene rings is 3. The number of rotatable bonds is 8. The lowest BCUT2D eigenvalue weighted by Gasteiger charge is -2.35. The Kier molecular flexibility index (Phi) is 7.31. The lowest BCUT2D eigenvalue weighted by atomic mass is 10.1. The second kappa shape index (κ2) is 10.4. The van der Waals surface area contributed by atoms with Crippen molar-refractivity contribution >= 4 is 21.6 Å². The Labute approximate surface area is 206 Å². The average Bonchev–Trinajstić information content (AvgIpc) is 2.86. The lowest BCUT2D eigenvalue weighted by Crippen LogP contribution is -2.51. The van der Waals surface area contributed by atoms with Crippen molar-refractivity contribution in [3.05, 3.63) is 83.4 Å². The number of sulfonamides is 1. The SMILES string of the molecule is CCc1ccc(OCCNC(=O)[C@@H]2CN(S(=O)(=O)c3ccc(C)cc3)c3cc(C)ccc3O2)cc1. The summed E-state index contributed by atoms with van der Waals surface area (Å²) in [6, 6.07) is 19.8. The molecule has 1 amide bonds. The van der Waals surface area contributed by atoms with Crippen LogP contribution in [0, 0.1) is 13.8 Å². The third kappa shape index (κ3) is 5.59. The third-order valence-electron chi connectivity index (χ3n) is 5.89. The maximum absolute atomic E-state index is 13.5. The van der Waals surface area contributed by atoms with Gasteiger partial charge < -0.3 is 14.8 Å².